The monoisotopic (exact) mass is 376 g/mol. The van der Waals surface area contributed by atoms with Gasteiger partial charge in [-0.15, -0.1) is 0 Å². The van der Waals surface area contributed by atoms with Crippen molar-refractivity contribution in [2.24, 2.45) is 0 Å². The van der Waals surface area contributed by atoms with E-state index in [1.807, 2.05) is 36.7 Å². The summed E-state index contributed by atoms with van der Waals surface area (Å²) in [6, 6.07) is 16.3. The second-order valence-electron chi connectivity index (χ2n) is 7.32. The van der Waals surface area contributed by atoms with Crippen molar-refractivity contribution in [2.45, 2.75) is 25.7 Å². The van der Waals surface area contributed by atoms with E-state index < -0.39 is 6.17 Å². The molecule has 5 rings (SSSR count). The molecule has 0 bridgehead atoms. The number of oxazole rings is 1. The number of aromatic nitrogens is 3. The van der Waals surface area contributed by atoms with Crippen LogP contribution in [0.3, 0.4) is 0 Å². The van der Waals surface area contributed by atoms with Crippen molar-refractivity contribution in [3.05, 3.63) is 72.4 Å². The summed E-state index contributed by atoms with van der Waals surface area (Å²) in [5.74, 6) is 0.602. The van der Waals surface area contributed by atoms with Crippen LogP contribution in [0.1, 0.15) is 17.7 Å². The van der Waals surface area contributed by atoms with Crippen molar-refractivity contribution in [2.75, 3.05) is 13.1 Å². The van der Waals surface area contributed by atoms with Gasteiger partial charge in [-0.1, -0.05) is 24.3 Å². The van der Waals surface area contributed by atoms with E-state index in [9.17, 15) is 4.39 Å². The summed E-state index contributed by atoms with van der Waals surface area (Å²) in [6.45, 7) is 2.66. The Balaban J connectivity index is 1.29. The molecule has 4 aromatic rings. The highest BCUT2D eigenvalue weighted by Gasteiger charge is 2.22. The molecule has 3 heterocycles. The Kier molecular flexibility index (Phi) is 4.41. The largest absolute Gasteiger partial charge is 0.444 e. The standard InChI is InChI=1S/C22H21FN4O/c23-18-9-10-26(12-18)13-19-14-28-22(25-19)17-7-5-16(6-8-17)11-27-15-24-20-3-1-2-4-21(20)27/h1-8,14-15,18H,9-13H2/t18-/m0/s1. The van der Waals surface area contributed by atoms with E-state index in [2.05, 4.69) is 37.6 Å². The van der Waals surface area contributed by atoms with Gasteiger partial charge in [0, 0.05) is 31.7 Å². The van der Waals surface area contributed by atoms with E-state index >= 15 is 0 Å². The maximum Gasteiger partial charge on any atom is 0.226 e. The van der Waals surface area contributed by atoms with Crippen molar-refractivity contribution in [3.63, 3.8) is 0 Å². The fourth-order valence-corrected chi connectivity index (χ4v) is 3.76. The lowest BCUT2D eigenvalue weighted by atomic mass is 10.1. The number of nitrogens with zero attached hydrogens (tertiary/aromatic N) is 4. The Hall–Kier alpha value is -2.99. The van der Waals surface area contributed by atoms with Crippen LogP contribution in [0.2, 0.25) is 0 Å². The van der Waals surface area contributed by atoms with Gasteiger partial charge in [-0.2, -0.15) is 0 Å². The molecular weight excluding hydrogens is 355 g/mol. The van der Waals surface area contributed by atoms with Crippen molar-refractivity contribution in [1.29, 1.82) is 0 Å². The van der Waals surface area contributed by atoms with Gasteiger partial charge in [0.1, 0.15) is 12.4 Å². The first-order valence-electron chi connectivity index (χ1n) is 9.54. The highest BCUT2D eigenvalue weighted by atomic mass is 19.1. The number of hydrogen-bond donors (Lipinski definition) is 0. The summed E-state index contributed by atoms with van der Waals surface area (Å²) in [6.07, 6.45) is 3.44. The summed E-state index contributed by atoms with van der Waals surface area (Å²) in [4.78, 5) is 11.1. The predicted molar refractivity (Wildman–Crippen MR) is 106 cm³/mol. The first-order chi connectivity index (χ1) is 13.7. The molecule has 0 spiro atoms. The maximum atomic E-state index is 13.3. The molecule has 1 aliphatic rings. The maximum absolute atomic E-state index is 13.3. The summed E-state index contributed by atoms with van der Waals surface area (Å²) in [5, 5.41) is 0. The Morgan fingerprint density at radius 1 is 1.07 bits per heavy atom. The summed E-state index contributed by atoms with van der Waals surface area (Å²) >= 11 is 0. The number of para-hydroxylation sites is 2. The third-order valence-corrected chi connectivity index (χ3v) is 5.23. The van der Waals surface area contributed by atoms with Gasteiger partial charge in [-0.25, -0.2) is 14.4 Å². The van der Waals surface area contributed by atoms with E-state index in [0.29, 0.717) is 25.4 Å². The molecule has 2 aromatic heterocycles. The fourth-order valence-electron chi connectivity index (χ4n) is 3.76. The lowest BCUT2D eigenvalue weighted by Gasteiger charge is -2.11. The fraction of sp³-hybridized carbons (Fsp3) is 0.273. The smallest absolute Gasteiger partial charge is 0.226 e. The van der Waals surface area contributed by atoms with E-state index in [0.717, 1.165) is 35.4 Å². The molecule has 28 heavy (non-hydrogen) atoms. The molecule has 6 heteroatoms. The zero-order chi connectivity index (χ0) is 18.9. The molecule has 1 fully saturated rings. The molecule has 0 amide bonds. The van der Waals surface area contributed by atoms with Crippen LogP contribution in [-0.2, 0) is 13.1 Å². The molecule has 0 aliphatic carbocycles. The highest BCUT2D eigenvalue weighted by Crippen LogP contribution is 2.22. The predicted octanol–water partition coefficient (Wildman–Crippen LogP) is 4.28. The summed E-state index contributed by atoms with van der Waals surface area (Å²) < 4.78 is 21.1. The highest BCUT2D eigenvalue weighted by molar-refractivity contribution is 5.75. The van der Waals surface area contributed by atoms with Crippen LogP contribution in [0, 0.1) is 0 Å². The molecule has 0 unspecified atom stereocenters. The third kappa shape index (κ3) is 3.43. The van der Waals surface area contributed by atoms with Crippen LogP contribution in [0.4, 0.5) is 4.39 Å². The molecule has 0 saturated carbocycles. The zero-order valence-electron chi connectivity index (χ0n) is 15.5. The Labute approximate surface area is 162 Å². The first-order valence-corrected chi connectivity index (χ1v) is 9.54. The quantitative estimate of drug-likeness (QED) is 0.521. The van der Waals surface area contributed by atoms with Crippen LogP contribution in [-0.4, -0.2) is 38.7 Å². The molecular formula is C22H21FN4O. The van der Waals surface area contributed by atoms with Crippen LogP contribution in [0.5, 0.6) is 0 Å². The number of benzene rings is 2. The first kappa shape index (κ1) is 17.1. The van der Waals surface area contributed by atoms with Gasteiger partial charge in [-0.05, 0) is 36.2 Å². The summed E-state index contributed by atoms with van der Waals surface area (Å²) in [5.41, 5.74) is 5.10. The topological polar surface area (TPSA) is 47.1 Å². The number of halogens is 1. The average molecular weight is 376 g/mol. The third-order valence-electron chi connectivity index (χ3n) is 5.23. The van der Waals surface area contributed by atoms with Gasteiger partial charge in [-0.3, -0.25) is 4.90 Å². The number of hydrogen-bond acceptors (Lipinski definition) is 4. The lowest BCUT2D eigenvalue weighted by molar-refractivity contribution is 0.280. The number of rotatable bonds is 5. The van der Waals surface area contributed by atoms with Gasteiger partial charge < -0.3 is 8.98 Å². The van der Waals surface area contributed by atoms with E-state index in [-0.39, 0.29) is 0 Å². The number of alkyl halides is 1. The van der Waals surface area contributed by atoms with E-state index in [1.165, 1.54) is 5.56 Å². The molecule has 142 valence electrons. The van der Waals surface area contributed by atoms with Crippen molar-refractivity contribution < 1.29 is 8.81 Å². The molecule has 0 radical (unpaired) electrons. The lowest BCUT2D eigenvalue weighted by Crippen LogP contribution is -2.20. The van der Waals surface area contributed by atoms with Gasteiger partial charge in [0.25, 0.3) is 0 Å². The molecule has 1 aliphatic heterocycles. The second kappa shape index (κ2) is 7.20. The van der Waals surface area contributed by atoms with E-state index in [4.69, 9.17) is 4.42 Å². The molecule has 1 atom stereocenters. The Bertz CT molecular complexity index is 1090. The zero-order valence-corrected chi connectivity index (χ0v) is 15.5. The average Bonchev–Trinajstić information content (AvgIpc) is 3.44. The van der Waals surface area contributed by atoms with Crippen LogP contribution >= 0.6 is 0 Å². The van der Waals surface area contributed by atoms with Crippen molar-refractivity contribution in [1.82, 2.24) is 19.4 Å². The molecule has 5 nitrogen and oxygen atoms in total. The molecule has 2 aromatic carbocycles. The molecule has 1 saturated heterocycles. The minimum atomic E-state index is -0.716. The number of imidazole rings is 1. The van der Waals surface area contributed by atoms with Gasteiger partial charge in [0.05, 0.1) is 23.1 Å². The number of likely N-dealkylation sites (tertiary alicyclic amines) is 1. The number of fused-ring (bicyclic) bond motifs is 1. The summed E-state index contributed by atoms with van der Waals surface area (Å²) in [7, 11) is 0. The molecule has 0 N–H and O–H groups in total. The Morgan fingerprint density at radius 3 is 2.75 bits per heavy atom. The minimum Gasteiger partial charge on any atom is -0.444 e. The van der Waals surface area contributed by atoms with E-state index in [1.54, 1.807) is 6.26 Å². The van der Waals surface area contributed by atoms with Crippen molar-refractivity contribution >= 4 is 11.0 Å². The SMILES string of the molecule is F[C@H]1CCN(Cc2coc(-c3ccc(Cn4cnc5ccccc54)cc3)n2)C1. The Morgan fingerprint density at radius 2 is 1.93 bits per heavy atom. The van der Waals surface area contributed by atoms with Crippen LogP contribution in [0.25, 0.3) is 22.5 Å². The van der Waals surface area contributed by atoms with Crippen LogP contribution in [0.15, 0.2) is 65.5 Å². The second-order valence-corrected chi connectivity index (χ2v) is 7.32. The van der Waals surface area contributed by atoms with Crippen molar-refractivity contribution in [3.8, 4) is 11.5 Å². The van der Waals surface area contributed by atoms with Gasteiger partial charge in [0.15, 0.2) is 0 Å². The van der Waals surface area contributed by atoms with Gasteiger partial charge in [0.2, 0.25) is 5.89 Å². The van der Waals surface area contributed by atoms with Crippen LogP contribution < -0.4 is 0 Å². The van der Waals surface area contributed by atoms with Gasteiger partial charge >= 0.3 is 0 Å². The minimum absolute atomic E-state index is 0.486. The normalized spacial score (nSPS) is 17.5.